The number of carbonyl (C=O) groups excluding carboxylic acids is 1. The van der Waals surface area contributed by atoms with E-state index in [9.17, 15) is 4.79 Å². The number of hydrogen-bond acceptors (Lipinski definition) is 8. The zero-order valence-electron chi connectivity index (χ0n) is 16.4. The molecule has 0 spiro atoms. The number of cyclic esters (lactones) is 1. The lowest BCUT2D eigenvalue weighted by Crippen LogP contribution is -2.44. The summed E-state index contributed by atoms with van der Waals surface area (Å²) in [6.45, 7) is 0.579. The van der Waals surface area contributed by atoms with Gasteiger partial charge in [-0.1, -0.05) is 0 Å². The van der Waals surface area contributed by atoms with Crippen molar-refractivity contribution in [3.05, 3.63) is 29.8 Å². The Morgan fingerprint density at radius 2 is 1.62 bits per heavy atom. The van der Waals surface area contributed by atoms with Crippen molar-refractivity contribution in [2.24, 2.45) is 5.92 Å². The molecule has 0 radical (unpaired) electrons. The number of anilines is 2. The third kappa shape index (κ3) is 2.62. The van der Waals surface area contributed by atoms with E-state index in [1.807, 2.05) is 29.2 Å². The highest BCUT2D eigenvalue weighted by atomic mass is 16.7. The molecule has 0 saturated carbocycles. The second kappa shape index (κ2) is 6.65. The lowest BCUT2D eigenvalue weighted by atomic mass is 9.86. The summed E-state index contributed by atoms with van der Waals surface area (Å²) in [7, 11) is 4.69. The van der Waals surface area contributed by atoms with Gasteiger partial charge in [-0.15, -0.1) is 0 Å². The van der Waals surface area contributed by atoms with Gasteiger partial charge >= 0.3 is 5.97 Å². The van der Waals surface area contributed by atoms with Gasteiger partial charge in [0.1, 0.15) is 6.04 Å². The molecule has 8 nitrogen and oxygen atoms in total. The molecule has 2 atom stereocenters. The van der Waals surface area contributed by atoms with E-state index in [4.69, 9.17) is 28.4 Å². The molecule has 2 aromatic carbocycles. The van der Waals surface area contributed by atoms with Gasteiger partial charge < -0.3 is 33.3 Å². The summed E-state index contributed by atoms with van der Waals surface area (Å²) >= 11 is 0. The number of hydrogen-bond donors (Lipinski definition) is 0. The summed E-state index contributed by atoms with van der Waals surface area (Å²) < 4.78 is 33.0. The average Bonchev–Trinajstić information content (AvgIpc) is 3.35. The van der Waals surface area contributed by atoms with E-state index in [1.54, 1.807) is 21.3 Å². The fourth-order valence-electron chi connectivity index (χ4n) is 4.34. The topological polar surface area (TPSA) is 75.7 Å². The molecular formula is C21H21NO7. The number of esters is 1. The zero-order valence-corrected chi connectivity index (χ0v) is 16.4. The molecule has 0 aromatic heterocycles. The molecule has 29 heavy (non-hydrogen) atoms. The predicted molar refractivity (Wildman–Crippen MR) is 103 cm³/mol. The molecule has 8 heteroatoms. The second-order valence-corrected chi connectivity index (χ2v) is 7.13. The van der Waals surface area contributed by atoms with Crippen LogP contribution in [0.3, 0.4) is 0 Å². The largest absolute Gasteiger partial charge is 0.493 e. The van der Waals surface area contributed by atoms with E-state index >= 15 is 0 Å². The second-order valence-electron chi connectivity index (χ2n) is 7.13. The standard InChI is InChI=1S/C21H21NO7/c1-24-17-6-13(7-18(25-2)20(17)26-3)22-14-8-16-15(28-10-29-16)5-11(14)4-12-9-27-21(23)19(12)22/h5-8,12,19H,4,9-10H2,1-3H3/t12-,19+/m0/s1. The predicted octanol–water partition coefficient (Wildman–Crippen LogP) is 2.68. The van der Waals surface area contributed by atoms with Crippen molar-refractivity contribution >= 4 is 17.3 Å². The lowest BCUT2D eigenvalue weighted by molar-refractivity contribution is -0.138. The summed E-state index contributed by atoms with van der Waals surface area (Å²) in [4.78, 5) is 14.6. The Morgan fingerprint density at radius 3 is 2.28 bits per heavy atom. The van der Waals surface area contributed by atoms with Gasteiger partial charge in [0.05, 0.1) is 27.9 Å². The zero-order chi connectivity index (χ0) is 20.1. The van der Waals surface area contributed by atoms with Crippen LogP contribution in [-0.4, -0.2) is 46.7 Å². The first kappa shape index (κ1) is 17.8. The first-order chi connectivity index (χ1) is 14.1. The maximum Gasteiger partial charge on any atom is 0.329 e. The van der Waals surface area contributed by atoms with Crippen LogP contribution in [0.4, 0.5) is 11.4 Å². The van der Waals surface area contributed by atoms with Crippen LogP contribution < -0.4 is 28.6 Å². The van der Waals surface area contributed by atoms with Crippen molar-refractivity contribution in [1.29, 1.82) is 0 Å². The minimum absolute atomic E-state index is 0.0365. The summed E-state index contributed by atoms with van der Waals surface area (Å²) in [5.74, 6) is 2.69. The van der Waals surface area contributed by atoms with Crippen LogP contribution in [0.1, 0.15) is 5.56 Å². The quantitative estimate of drug-likeness (QED) is 0.727. The van der Waals surface area contributed by atoms with Crippen molar-refractivity contribution in [3.63, 3.8) is 0 Å². The first-order valence-corrected chi connectivity index (χ1v) is 9.33. The van der Waals surface area contributed by atoms with E-state index in [0.717, 1.165) is 29.1 Å². The molecular weight excluding hydrogens is 378 g/mol. The third-order valence-electron chi connectivity index (χ3n) is 5.65. The minimum Gasteiger partial charge on any atom is -0.493 e. The minimum atomic E-state index is -0.439. The number of ether oxygens (including phenoxy) is 6. The maximum absolute atomic E-state index is 12.7. The molecule has 1 fully saturated rings. The number of nitrogens with zero attached hydrogens (tertiary/aromatic N) is 1. The van der Waals surface area contributed by atoms with Crippen molar-refractivity contribution in [2.75, 3.05) is 39.6 Å². The van der Waals surface area contributed by atoms with Gasteiger partial charge in [-0.2, -0.15) is 0 Å². The highest BCUT2D eigenvalue weighted by Crippen LogP contribution is 2.50. The highest BCUT2D eigenvalue weighted by Gasteiger charge is 2.46. The van der Waals surface area contributed by atoms with Crippen LogP contribution in [-0.2, 0) is 16.0 Å². The van der Waals surface area contributed by atoms with Crippen LogP contribution in [0, 0.1) is 5.92 Å². The number of carbonyl (C=O) groups is 1. The van der Waals surface area contributed by atoms with Crippen molar-refractivity contribution < 1.29 is 33.2 Å². The van der Waals surface area contributed by atoms with Gasteiger partial charge in [0.2, 0.25) is 12.5 Å². The Labute approximate surface area is 167 Å². The summed E-state index contributed by atoms with van der Waals surface area (Å²) in [5, 5.41) is 0. The Bertz CT molecular complexity index is 964. The molecule has 3 heterocycles. The maximum atomic E-state index is 12.7. The van der Waals surface area contributed by atoms with Crippen molar-refractivity contribution in [3.8, 4) is 28.7 Å². The van der Waals surface area contributed by atoms with Gasteiger partial charge in [0, 0.05) is 35.5 Å². The van der Waals surface area contributed by atoms with Crippen molar-refractivity contribution in [2.45, 2.75) is 12.5 Å². The lowest BCUT2D eigenvalue weighted by Gasteiger charge is -2.38. The monoisotopic (exact) mass is 399 g/mol. The first-order valence-electron chi connectivity index (χ1n) is 9.33. The Balaban J connectivity index is 1.71. The van der Waals surface area contributed by atoms with Crippen LogP contribution in [0.5, 0.6) is 28.7 Å². The molecule has 2 aromatic rings. The number of benzene rings is 2. The molecule has 3 aliphatic heterocycles. The fraction of sp³-hybridized carbons (Fsp3) is 0.381. The van der Waals surface area contributed by atoms with Gasteiger partial charge in [-0.3, -0.25) is 0 Å². The molecule has 5 rings (SSSR count). The molecule has 0 aliphatic carbocycles. The Morgan fingerprint density at radius 1 is 0.931 bits per heavy atom. The van der Waals surface area contributed by atoms with Gasteiger partial charge in [0.25, 0.3) is 0 Å². The van der Waals surface area contributed by atoms with Crippen LogP contribution in [0.25, 0.3) is 0 Å². The van der Waals surface area contributed by atoms with E-state index in [0.29, 0.717) is 29.6 Å². The van der Waals surface area contributed by atoms with E-state index < -0.39 is 6.04 Å². The van der Waals surface area contributed by atoms with Crippen LogP contribution in [0.2, 0.25) is 0 Å². The number of methoxy groups -OCH3 is 3. The molecule has 0 unspecified atom stereocenters. The number of rotatable bonds is 4. The number of fused-ring (bicyclic) bond motifs is 3. The SMILES string of the molecule is COc1cc(N2c3cc4c(cc3C[C@H]3COC(=O)[C@@H]32)OCO4)cc(OC)c1OC. The average molecular weight is 399 g/mol. The Hall–Kier alpha value is -3.29. The van der Waals surface area contributed by atoms with Crippen LogP contribution >= 0.6 is 0 Å². The normalized spacial score (nSPS) is 21.3. The third-order valence-corrected chi connectivity index (χ3v) is 5.65. The molecule has 0 N–H and O–H groups in total. The molecule has 152 valence electrons. The summed E-state index contributed by atoms with van der Waals surface area (Å²) in [5.41, 5.74) is 2.69. The van der Waals surface area contributed by atoms with E-state index in [1.165, 1.54) is 0 Å². The smallest absolute Gasteiger partial charge is 0.329 e. The molecule has 0 bridgehead atoms. The summed E-state index contributed by atoms with van der Waals surface area (Å²) in [6.07, 6.45) is 0.726. The van der Waals surface area contributed by atoms with E-state index in [-0.39, 0.29) is 18.7 Å². The van der Waals surface area contributed by atoms with Gasteiger partial charge in [0.15, 0.2) is 23.0 Å². The molecule has 1 saturated heterocycles. The highest BCUT2D eigenvalue weighted by molar-refractivity contribution is 5.89. The Kier molecular flexibility index (Phi) is 4.08. The van der Waals surface area contributed by atoms with E-state index in [2.05, 4.69) is 0 Å². The van der Waals surface area contributed by atoms with Crippen LogP contribution in [0.15, 0.2) is 24.3 Å². The fourth-order valence-corrected chi connectivity index (χ4v) is 4.34. The molecule has 0 amide bonds. The summed E-state index contributed by atoms with van der Waals surface area (Å²) in [6, 6.07) is 7.14. The van der Waals surface area contributed by atoms with Gasteiger partial charge in [-0.05, 0) is 18.1 Å². The molecule has 3 aliphatic rings. The van der Waals surface area contributed by atoms with Crippen molar-refractivity contribution in [1.82, 2.24) is 0 Å². The van der Waals surface area contributed by atoms with Gasteiger partial charge in [-0.25, -0.2) is 4.79 Å².